The van der Waals surface area contributed by atoms with E-state index in [2.05, 4.69) is 57.3 Å². The van der Waals surface area contributed by atoms with E-state index in [9.17, 15) is 0 Å². The van der Waals surface area contributed by atoms with Gasteiger partial charge in [-0.15, -0.1) is 0 Å². The summed E-state index contributed by atoms with van der Waals surface area (Å²) >= 11 is 3.49. The SMILES string of the molecule is Cc1cc(Br)cc(C)c1NCc1ncnn1C. The third-order valence-electron chi connectivity index (χ3n) is 2.73. The maximum absolute atomic E-state index is 4.19. The topological polar surface area (TPSA) is 42.7 Å². The van der Waals surface area contributed by atoms with Crippen molar-refractivity contribution in [2.24, 2.45) is 7.05 Å². The highest BCUT2D eigenvalue weighted by atomic mass is 79.9. The van der Waals surface area contributed by atoms with Crippen LogP contribution in [0.5, 0.6) is 0 Å². The molecule has 0 unspecified atom stereocenters. The number of nitrogens with one attached hydrogen (secondary N) is 1. The van der Waals surface area contributed by atoms with Gasteiger partial charge in [0, 0.05) is 17.2 Å². The van der Waals surface area contributed by atoms with Crippen molar-refractivity contribution >= 4 is 21.6 Å². The Kier molecular flexibility index (Phi) is 3.47. The number of nitrogens with zero attached hydrogens (tertiary/aromatic N) is 3. The second kappa shape index (κ2) is 4.87. The van der Waals surface area contributed by atoms with Crippen LogP contribution in [0.3, 0.4) is 0 Å². The van der Waals surface area contributed by atoms with Crippen LogP contribution < -0.4 is 5.32 Å². The van der Waals surface area contributed by atoms with Crippen LogP contribution in [-0.2, 0) is 13.6 Å². The predicted molar refractivity (Wildman–Crippen MR) is 71.9 cm³/mol. The van der Waals surface area contributed by atoms with Crippen molar-refractivity contribution in [3.05, 3.63) is 39.9 Å². The molecule has 0 aliphatic heterocycles. The first-order valence-electron chi connectivity index (χ1n) is 5.41. The average molecular weight is 295 g/mol. The van der Waals surface area contributed by atoms with E-state index in [0.717, 1.165) is 16.0 Å². The van der Waals surface area contributed by atoms with Crippen LogP contribution >= 0.6 is 15.9 Å². The fraction of sp³-hybridized carbons (Fsp3) is 0.333. The minimum atomic E-state index is 0.680. The van der Waals surface area contributed by atoms with Gasteiger partial charge in [-0.3, -0.25) is 4.68 Å². The number of rotatable bonds is 3. The quantitative estimate of drug-likeness (QED) is 0.947. The number of anilines is 1. The van der Waals surface area contributed by atoms with Crippen LogP contribution in [0.2, 0.25) is 0 Å². The summed E-state index contributed by atoms with van der Waals surface area (Å²) in [4.78, 5) is 4.19. The van der Waals surface area contributed by atoms with Gasteiger partial charge in [0.15, 0.2) is 0 Å². The molecule has 0 bridgehead atoms. The second-order valence-corrected chi connectivity index (χ2v) is 4.98. The first kappa shape index (κ1) is 12.1. The number of aromatic nitrogens is 3. The average Bonchev–Trinajstić information content (AvgIpc) is 2.62. The highest BCUT2D eigenvalue weighted by molar-refractivity contribution is 9.10. The molecule has 0 fully saturated rings. The monoisotopic (exact) mass is 294 g/mol. The molecule has 1 N–H and O–H groups in total. The molecule has 0 saturated heterocycles. The summed E-state index contributed by atoms with van der Waals surface area (Å²) in [6.07, 6.45) is 1.57. The molecule has 2 aromatic rings. The molecule has 4 nitrogen and oxygen atoms in total. The molecule has 90 valence electrons. The highest BCUT2D eigenvalue weighted by Crippen LogP contribution is 2.25. The van der Waals surface area contributed by atoms with E-state index in [0.29, 0.717) is 6.54 Å². The van der Waals surface area contributed by atoms with E-state index < -0.39 is 0 Å². The third-order valence-corrected chi connectivity index (χ3v) is 3.18. The highest BCUT2D eigenvalue weighted by Gasteiger charge is 2.05. The fourth-order valence-corrected chi connectivity index (χ4v) is 2.52. The lowest BCUT2D eigenvalue weighted by Gasteiger charge is -2.12. The summed E-state index contributed by atoms with van der Waals surface area (Å²) in [5.74, 6) is 0.923. The van der Waals surface area contributed by atoms with Crippen molar-refractivity contribution < 1.29 is 0 Å². The van der Waals surface area contributed by atoms with Gasteiger partial charge >= 0.3 is 0 Å². The van der Waals surface area contributed by atoms with E-state index in [-0.39, 0.29) is 0 Å². The number of aryl methyl sites for hydroxylation is 3. The summed E-state index contributed by atoms with van der Waals surface area (Å²) in [5, 5.41) is 7.45. The Balaban J connectivity index is 2.17. The summed E-state index contributed by atoms with van der Waals surface area (Å²) in [7, 11) is 1.89. The molecule has 1 aromatic heterocycles. The Bertz CT molecular complexity index is 510. The zero-order valence-corrected chi connectivity index (χ0v) is 11.7. The van der Waals surface area contributed by atoms with Crippen molar-refractivity contribution in [3.8, 4) is 0 Å². The van der Waals surface area contributed by atoms with Gasteiger partial charge < -0.3 is 5.32 Å². The van der Waals surface area contributed by atoms with E-state index in [1.807, 2.05) is 7.05 Å². The zero-order chi connectivity index (χ0) is 12.4. The number of hydrogen-bond donors (Lipinski definition) is 1. The minimum Gasteiger partial charge on any atom is -0.377 e. The summed E-state index contributed by atoms with van der Waals surface area (Å²) in [5.41, 5.74) is 3.61. The lowest BCUT2D eigenvalue weighted by atomic mass is 10.1. The number of benzene rings is 1. The standard InChI is InChI=1S/C12H15BrN4/c1-8-4-10(13)5-9(2)12(8)14-6-11-15-7-16-17(11)3/h4-5,7,14H,6H2,1-3H3. The van der Waals surface area contributed by atoms with E-state index >= 15 is 0 Å². The molecular formula is C12H15BrN4. The van der Waals surface area contributed by atoms with Crippen molar-refractivity contribution in [2.75, 3.05) is 5.32 Å². The van der Waals surface area contributed by atoms with Gasteiger partial charge in [0.25, 0.3) is 0 Å². The van der Waals surface area contributed by atoms with Gasteiger partial charge in [0.1, 0.15) is 12.2 Å². The molecule has 0 atom stereocenters. The summed E-state index contributed by atoms with van der Waals surface area (Å²) in [6, 6.07) is 4.21. The smallest absolute Gasteiger partial charge is 0.145 e. The second-order valence-electron chi connectivity index (χ2n) is 4.07. The zero-order valence-electron chi connectivity index (χ0n) is 10.2. The Morgan fingerprint density at radius 2 is 1.94 bits per heavy atom. The van der Waals surface area contributed by atoms with Crippen molar-refractivity contribution in [1.29, 1.82) is 0 Å². The molecule has 2 rings (SSSR count). The molecule has 1 aromatic carbocycles. The molecule has 0 amide bonds. The maximum atomic E-state index is 4.19. The van der Waals surface area contributed by atoms with Crippen molar-refractivity contribution in [1.82, 2.24) is 14.8 Å². The van der Waals surface area contributed by atoms with Crippen LogP contribution in [0.15, 0.2) is 22.9 Å². The number of hydrogen-bond acceptors (Lipinski definition) is 3. The summed E-state index contributed by atoms with van der Waals surface area (Å²) in [6.45, 7) is 4.87. The Hall–Kier alpha value is -1.36. The molecule has 0 aliphatic carbocycles. The molecule has 1 heterocycles. The maximum Gasteiger partial charge on any atom is 0.145 e. The van der Waals surface area contributed by atoms with E-state index in [4.69, 9.17) is 0 Å². The van der Waals surface area contributed by atoms with Crippen molar-refractivity contribution in [2.45, 2.75) is 20.4 Å². The van der Waals surface area contributed by atoms with Gasteiger partial charge in [-0.05, 0) is 37.1 Å². The first-order chi connectivity index (χ1) is 8.08. The normalized spacial score (nSPS) is 10.6. The third kappa shape index (κ3) is 2.66. The molecule has 17 heavy (non-hydrogen) atoms. The van der Waals surface area contributed by atoms with E-state index in [1.165, 1.54) is 11.1 Å². The Morgan fingerprint density at radius 3 is 2.47 bits per heavy atom. The van der Waals surface area contributed by atoms with Gasteiger partial charge in [0.05, 0.1) is 6.54 Å². The van der Waals surface area contributed by atoms with Crippen LogP contribution in [0.25, 0.3) is 0 Å². The van der Waals surface area contributed by atoms with Gasteiger partial charge in [0.2, 0.25) is 0 Å². The van der Waals surface area contributed by atoms with E-state index in [1.54, 1.807) is 11.0 Å². The molecule has 5 heteroatoms. The lowest BCUT2D eigenvalue weighted by molar-refractivity contribution is 0.711. The van der Waals surface area contributed by atoms with Gasteiger partial charge in [-0.25, -0.2) is 4.98 Å². The predicted octanol–water partition coefficient (Wildman–Crippen LogP) is 2.81. The lowest BCUT2D eigenvalue weighted by Crippen LogP contribution is -2.08. The van der Waals surface area contributed by atoms with Crippen LogP contribution in [0.1, 0.15) is 17.0 Å². The molecule has 0 radical (unpaired) electrons. The Labute approximate surface area is 109 Å². The Morgan fingerprint density at radius 1 is 1.29 bits per heavy atom. The minimum absolute atomic E-state index is 0.680. The molecular weight excluding hydrogens is 280 g/mol. The van der Waals surface area contributed by atoms with Crippen LogP contribution in [0.4, 0.5) is 5.69 Å². The van der Waals surface area contributed by atoms with Gasteiger partial charge in [-0.1, -0.05) is 15.9 Å². The largest absolute Gasteiger partial charge is 0.377 e. The van der Waals surface area contributed by atoms with Gasteiger partial charge in [-0.2, -0.15) is 5.10 Å². The molecule has 0 spiro atoms. The molecule has 0 aliphatic rings. The fourth-order valence-electron chi connectivity index (χ4n) is 1.84. The number of halogens is 1. The first-order valence-corrected chi connectivity index (χ1v) is 6.20. The molecule has 0 saturated carbocycles. The van der Waals surface area contributed by atoms with Crippen LogP contribution in [-0.4, -0.2) is 14.8 Å². The summed E-state index contributed by atoms with van der Waals surface area (Å²) < 4.78 is 2.88. The van der Waals surface area contributed by atoms with Crippen LogP contribution in [0, 0.1) is 13.8 Å². The van der Waals surface area contributed by atoms with Crippen molar-refractivity contribution in [3.63, 3.8) is 0 Å².